The van der Waals surface area contributed by atoms with E-state index in [0.29, 0.717) is 36.8 Å². The fourth-order valence-electron chi connectivity index (χ4n) is 4.42. The number of ketones is 2. The van der Waals surface area contributed by atoms with Crippen LogP contribution in [0.1, 0.15) is 51.6 Å². The van der Waals surface area contributed by atoms with Crippen LogP contribution >= 0.6 is 11.3 Å². The summed E-state index contributed by atoms with van der Waals surface area (Å²) in [5, 5.41) is 18.9. The lowest BCUT2D eigenvalue weighted by atomic mass is 9.72. The molecule has 0 aromatic carbocycles. The lowest BCUT2D eigenvalue weighted by molar-refractivity contribution is -0.118. The van der Waals surface area contributed by atoms with E-state index in [0.717, 1.165) is 46.4 Å². The smallest absolute Gasteiger partial charge is 0.145 e. The molecule has 0 saturated heterocycles. The van der Waals surface area contributed by atoms with Crippen LogP contribution in [0.2, 0.25) is 0 Å². The molecule has 1 fully saturated rings. The molecule has 1 saturated carbocycles. The summed E-state index contributed by atoms with van der Waals surface area (Å²) in [4.78, 5) is 33.0. The van der Waals surface area contributed by atoms with Gasteiger partial charge in [-0.05, 0) is 55.2 Å². The molecule has 8 nitrogen and oxygen atoms in total. The Bertz CT molecular complexity index is 1310. The Morgan fingerprint density at radius 1 is 0.694 bits per heavy atom. The minimum absolute atomic E-state index is 0.0781. The van der Waals surface area contributed by atoms with Crippen LogP contribution in [-0.4, -0.2) is 41.9 Å². The van der Waals surface area contributed by atoms with Crippen molar-refractivity contribution in [3.05, 3.63) is 93.7 Å². The van der Waals surface area contributed by atoms with Gasteiger partial charge in [0.1, 0.15) is 21.6 Å². The predicted molar refractivity (Wildman–Crippen MR) is 134 cm³/mol. The van der Waals surface area contributed by atoms with Gasteiger partial charge in [0, 0.05) is 49.0 Å². The van der Waals surface area contributed by atoms with E-state index in [9.17, 15) is 9.59 Å². The fraction of sp³-hybridized carbons (Fsp3) is 0.333. The Morgan fingerprint density at radius 3 is 1.94 bits per heavy atom. The second-order valence-electron chi connectivity index (χ2n) is 9.20. The van der Waals surface area contributed by atoms with E-state index in [1.165, 1.54) is 11.3 Å². The van der Waals surface area contributed by atoms with Crippen molar-refractivity contribution >= 4 is 22.9 Å². The number of carbonyl (C=O) groups is 2. The third-order valence-corrected chi connectivity index (χ3v) is 7.25. The van der Waals surface area contributed by atoms with E-state index in [1.807, 2.05) is 48.5 Å². The van der Waals surface area contributed by atoms with Gasteiger partial charge in [-0.3, -0.25) is 19.6 Å². The van der Waals surface area contributed by atoms with Gasteiger partial charge in [0.25, 0.3) is 0 Å². The van der Waals surface area contributed by atoms with Gasteiger partial charge in [0.05, 0.1) is 24.2 Å². The summed E-state index contributed by atoms with van der Waals surface area (Å²) in [5.41, 5.74) is 3.21. The highest BCUT2D eigenvalue weighted by Crippen LogP contribution is 2.42. The normalized spacial score (nSPS) is 16.9. The third kappa shape index (κ3) is 6.48. The van der Waals surface area contributed by atoms with Gasteiger partial charge in [0.15, 0.2) is 0 Å². The van der Waals surface area contributed by atoms with Crippen molar-refractivity contribution in [3.8, 4) is 0 Å². The van der Waals surface area contributed by atoms with Crippen molar-refractivity contribution < 1.29 is 9.59 Å². The van der Waals surface area contributed by atoms with E-state index in [2.05, 4.69) is 30.4 Å². The average molecular weight is 499 g/mol. The predicted octanol–water partition coefficient (Wildman–Crippen LogP) is 3.56. The summed E-state index contributed by atoms with van der Waals surface area (Å²) < 4.78 is 0. The molecule has 0 bridgehead atoms. The monoisotopic (exact) mass is 498 g/mol. The molecule has 4 heterocycles. The molecule has 5 rings (SSSR count). The number of carbonyl (C=O) groups excluding carboxylic acids is 2. The van der Waals surface area contributed by atoms with Crippen LogP contribution < -0.4 is 0 Å². The van der Waals surface area contributed by atoms with Crippen LogP contribution in [0.25, 0.3) is 0 Å². The molecule has 9 heteroatoms. The van der Waals surface area contributed by atoms with Gasteiger partial charge < -0.3 is 0 Å². The molecular weight excluding hydrogens is 472 g/mol. The Kier molecular flexibility index (Phi) is 7.56. The molecule has 0 unspecified atom stereocenters. The molecule has 1 aliphatic carbocycles. The molecule has 0 aliphatic heterocycles. The van der Waals surface area contributed by atoms with E-state index in [-0.39, 0.29) is 18.0 Å². The first-order chi connectivity index (χ1) is 17.6. The molecular formula is C27H26N6O2S. The molecule has 36 heavy (non-hydrogen) atoms. The van der Waals surface area contributed by atoms with Crippen LogP contribution in [0.15, 0.2) is 60.9 Å². The van der Waals surface area contributed by atoms with Gasteiger partial charge in [-0.25, -0.2) is 0 Å². The van der Waals surface area contributed by atoms with E-state index in [1.54, 1.807) is 12.4 Å². The molecule has 4 aromatic rings. The maximum absolute atomic E-state index is 12.3. The number of hydrogen-bond acceptors (Lipinski definition) is 9. The lowest BCUT2D eigenvalue weighted by Crippen LogP contribution is -2.25. The van der Waals surface area contributed by atoms with E-state index in [4.69, 9.17) is 0 Å². The molecule has 0 spiro atoms. The quantitative estimate of drug-likeness (QED) is 0.309. The second-order valence-corrected chi connectivity index (χ2v) is 10.4. The van der Waals surface area contributed by atoms with Gasteiger partial charge in [-0.1, -0.05) is 12.1 Å². The number of rotatable bonds is 11. The zero-order valence-electron chi connectivity index (χ0n) is 19.8. The first-order valence-corrected chi connectivity index (χ1v) is 12.9. The van der Waals surface area contributed by atoms with Crippen LogP contribution in [0.5, 0.6) is 0 Å². The SMILES string of the molecule is O=C(Cc1ccccn1)Cc1ccc(C2CC(Cc3nnc(CC(=O)Cc4ccccn4)s3)C2)nn1. The standard InChI is InChI=1S/C27H26N6O2S/c34-23(14-20-5-1-3-9-28-20)16-22-7-8-25(31-30-22)19-11-18(12-19)13-26-32-33-27(36-26)17-24(35)15-21-6-2-4-10-29-21/h1-10,18-19H,11-17H2. The number of pyridine rings is 2. The Hall–Kier alpha value is -3.72. The number of Topliss-reactive ketones (excluding diaryl/α,β-unsaturated/α-hetero) is 2. The first-order valence-electron chi connectivity index (χ1n) is 12.1. The minimum atomic E-state index is 0.0781. The van der Waals surface area contributed by atoms with Crippen molar-refractivity contribution in [2.24, 2.45) is 5.92 Å². The molecule has 1 aliphatic rings. The number of hydrogen-bond donors (Lipinski definition) is 0. The summed E-state index contributed by atoms with van der Waals surface area (Å²) in [6.45, 7) is 0. The summed E-state index contributed by atoms with van der Waals surface area (Å²) in [7, 11) is 0. The summed E-state index contributed by atoms with van der Waals surface area (Å²) in [5.74, 6) is 1.09. The van der Waals surface area contributed by atoms with Crippen molar-refractivity contribution in [2.75, 3.05) is 0 Å². The highest BCUT2D eigenvalue weighted by molar-refractivity contribution is 7.11. The van der Waals surface area contributed by atoms with Crippen molar-refractivity contribution in [1.82, 2.24) is 30.4 Å². The highest BCUT2D eigenvalue weighted by Gasteiger charge is 2.32. The van der Waals surface area contributed by atoms with Crippen molar-refractivity contribution in [1.29, 1.82) is 0 Å². The summed E-state index contributed by atoms with van der Waals surface area (Å²) >= 11 is 1.53. The topological polar surface area (TPSA) is 111 Å². The van der Waals surface area contributed by atoms with Gasteiger partial charge in [-0.2, -0.15) is 10.2 Å². The fourth-order valence-corrected chi connectivity index (χ4v) is 5.41. The largest absolute Gasteiger partial charge is 0.299 e. The first kappa shape index (κ1) is 24.0. The van der Waals surface area contributed by atoms with Crippen LogP contribution in [0, 0.1) is 5.92 Å². The zero-order valence-corrected chi connectivity index (χ0v) is 20.6. The van der Waals surface area contributed by atoms with Gasteiger partial charge >= 0.3 is 0 Å². The molecule has 0 radical (unpaired) electrons. The van der Waals surface area contributed by atoms with E-state index < -0.39 is 0 Å². The average Bonchev–Trinajstić information content (AvgIpc) is 3.29. The van der Waals surface area contributed by atoms with Gasteiger partial charge in [-0.15, -0.1) is 21.5 Å². The maximum Gasteiger partial charge on any atom is 0.145 e. The zero-order chi connectivity index (χ0) is 24.7. The minimum Gasteiger partial charge on any atom is -0.299 e. The highest BCUT2D eigenvalue weighted by atomic mass is 32.1. The maximum atomic E-state index is 12.3. The second kappa shape index (κ2) is 11.3. The van der Waals surface area contributed by atoms with Crippen LogP contribution in [-0.2, 0) is 41.7 Å². The number of aromatic nitrogens is 6. The van der Waals surface area contributed by atoms with Crippen LogP contribution in [0.3, 0.4) is 0 Å². The van der Waals surface area contributed by atoms with Crippen molar-refractivity contribution in [3.63, 3.8) is 0 Å². The summed E-state index contributed by atoms with van der Waals surface area (Å²) in [6.07, 6.45) is 7.51. The van der Waals surface area contributed by atoms with Crippen molar-refractivity contribution in [2.45, 2.75) is 50.9 Å². The number of nitrogens with zero attached hydrogens (tertiary/aromatic N) is 6. The lowest BCUT2D eigenvalue weighted by Gasteiger charge is -2.34. The van der Waals surface area contributed by atoms with Crippen LogP contribution in [0.4, 0.5) is 0 Å². The Morgan fingerprint density at radius 2 is 1.33 bits per heavy atom. The molecule has 4 aromatic heterocycles. The van der Waals surface area contributed by atoms with E-state index >= 15 is 0 Å². The molecule has 0 atom stereocenters. The molecule has 182 valence electrons. The Balaban J connectivity index is 1.05. The molecule has 0 N–H and O–H groups in total. The Labute approximate surface area is 213 Å². The molecule has 0 amide bonds. The summed E-state index contributed by atoms with van der Waals surface area (Å²) in [6, 6.07) is 15.1. The van der Waals surface area contributed by atoms with Gasteiger partial charge in [0.2, 0.25) is 0 Å². The third-order valence-electron chi connectivity index (χ3n) is 6.30.